The summed E-state index contributed by atoms with van der Waals surface area (Å²) in [5.74, 6) is 1.08. The molecule has 0 fully saturated rings. The third kappa shape index (κ3) is 4.12. The Hall–Kier alpha value is -0.570. The second-order valence-corrected chi connectivity index (χ2v) is 5.24. The summed E-state index contributed by atoms with van der Waals surface area (Å²) in [5, 5.41) is 0. The molecule has 1 aromatic rings. The highest BCUT2D eigenvalue weighted by molar-refractivity contribution is 9.10. The number of halogens is 1. The van der Waals surface area contributed by atoms with Gasteiger partial charge in [-0.1, -0.05) is 19.8 Å². The molecular formula is C13H21BrN2. The van der Waals surface area contributed by atoms with E-state index in [0.29, 0.717) is 6.04 Å². The molecule has 0 aliphatic carbocycles. The van der Waals surface area contributed by atoms with Crippen LogP contribution in [0.15, 0.2) is 22.8 Å². The van der Waals surface area contributed by atoms with E-state index in [1.807, 2.05) is 6.20 Å². The largest absolute Gasteiger partial charge is 0.354 e. The van der Waals surface area contributed by atoms with Gasteiger partial charge >= 0.3 is 0 Å². The number of aromatic nitrogens is 1. The first-order valence-corrected chi connectivity index (χ1v) is 6.82. The third-order valence-corrected chi connectivity index (χ3v) is 3.10. The van der Waals surface area contributed by atoms with E-state index in [1.165, 1.54) is 19.3 Å². The molecule has 1 rings (SSSR count). The maximum atomic E-state index is 4.46. The SMILES string of the molecule is CCCCCN(c1ccc(Br)cn1)C(C)C. The quantitative estimate of drug-likeness (QED) is 0.726. The predicted molar refractivity (Wildman–Crippen MR) is 73.9 cm³/mol. The molecule has 1 aromatic heterocycles. The Kier molecular flexibility index (Phi) is 5.81. The van der Waals surface area contributed by atoms with Crippen molar-refractivity contribution in [1.82, 2.24) is 4.98 Å². The molecule has 2 nitrogen and oxygen atoms in total. The highest BCUT2D eigenvalue weighted by Crippen LogP contribution is 2.17. The van der Waals surface area contributed by atoms with E-state index in [2.05, 4.69) is 58.7 Å². The maximum absolute atomic E-state index is 4.46. The lowest BCUT2D eigenvalue weighted by molar-refractivity contribution is 0.620. The second kappa shape index (κ2) is 6.89. The molecule has 0 spiro atoms. The Bertz CT molecular complexity index is 295. The zero-order chi connectivity index (χ0) is 12.0. The summed E-state index contributed by atoms with van der Waals surface area (Å²) in [5.41, 5.74) is 0. The van der Waals surface area contributed by atoms with Gasteiger partial charge in [0, 0.05) is 23.3 Å². The Morgan fingerprint density at radius 1 is 1.31 bits per heavy atom. The van der Waals surface area contributed by atoms with Gasteiger partial charge in [-0.2, -0.15) is 0 Å². The molecule has 0 bridgehead atoms. The van der Waals surface area contributed by atoms with E-state index in [-0.39, 0.29) is 0 Å². The van der Waals surface area contributed by atoms with Gasteiger partial charge in [0.2, 0.25) is 0 Å². The number of hydrogen-bond donors (Lipinski definition) is 0. The predicted octanol–water partition coefficient (Wildman–Crippen LogP) is 4.25. The number of pyridine rings is 1. The highest BCUT2D eigenvalue weighted by atomic mass is 79.9. The van der Waals surface area contributed by atoms with Crippen molar-refractivity contribution in [2.45, 2.75) is 46.1 Å². The van der Waals surface area contributed by atoms with E-state index >= 15 is 0 Å². The van der Waals surface area contributed by atoms with Gasteiger partial charge < -0.3 is 4.90 Å². The highest BCUT2D eigenvalue weighted by Gasteiger charge is 2.10. The minimum absolute atomic E-state index is 0.505. The first-order valence-electron chi connectivity index (χ1n) is 6.03. The van der Waals surface area contributed by atoms with Crippen LogP contribution in [0.2, 0.25) is 0 Å². The van der Waals surface area contributed by atoms with Crippen LogP contribution in [0.1, 0.15) is 40.0 Å². The van der Waals surface area contributed by atoms with E-state index in [1.54, 1.807) is 0 Å². The van der Waals surface area contributed by atoms with Crippen molar-refractivity contribution in [3.63, 3.8) is 0 Å². The standard InChI is InChI=1S/C13H21BrN2/c1-4-5-6-9-16(11(2)3)13-8-7-12(14)10-15-13/h7-8,10-11H,4-6,9H2,1-3H3. The van der Waals surface area contributed by atoms with Crippen LogP contribution in [-0.4, -0.2) is 17.6 Å². The number of rotatable bonds is 6. The Morgan fingerprint density at radius 2 is 2.06 bits per heavy atom. The summed E-state index contributed by atoms with van der Waals surface area (Å²) in [6, 6.07) is 4.64. The molecule has 0 unspecified atom stereocenters. The number of hydrogen-bond acceptors (Lipinski definition) is 2. The average molecular weight is 285 g/mol. The van der Waals surface area contributed by atoms with E-state index in [4.69, 9.17) is 0 Å². The second-order valence-electron chi connectivity index (χ2n) is 4.33. The van der Waals surface area contributed by atoms with Gasteiger partial charge in [0.1, 0.15) is 5.82 Å². The lowest BCUT2D eigenvalue weighted by Gasteiger charge is -2.27. The van der Waals surface area contributed by atoms with E-state index in [9.17, 15) is 0 Å². The van der Waals surface area contributed by atoms with E-state index < -0.39 is 0 Å². The van der Waals surface area contributed by atoms with Crippen molar-refractivity contribution in [3.05, 3.63) is 22.8 Å². The molecule has 90 valence electrons. The van der Waals surface area contributed by atoms with Gasteiger partial charge in [0.25, 0.3) is 0 Å². The summed E-state index contributed by atoms with van der Waals surface area (Å²) < 4.78 is 1.04. The Labute approximate surface area is 107 Å². The minimum Gasteiger partial charge on any atom is -0.354 e. The first-order chi connectivity index (χ1) is 7.65. The fourth-order valence-electron chi connectivity index (χ4n) is 1.71. The summed E-state index contributed by atoms with van der Waals surface area (Å²) in [4.78, 5) is 6.82. The molecule has 0 atom stereocenters. The molecule has 0 aromatic carbocycles. The number of unbranched alkanes of at least 4 members (excludes halogenated alkanes) is 2. The van der Waals surface area contributed by atoms with Crippen LogP contribution in [0.3, 0.4) is 0 Å². The zero-order valence-corrected chi connectivity index (χ0v) is 12.0. The van der Waals surface area contributed by atoms with Crippen molar-refractivity contribution in [1.29, 1.82) is 0 Å². The third-order valence-electron chi connectivity index (χ3n) is 2.63. The number of anilines is 1. The van der Waals surface area contributed by atoms with Crippen LogP contribution in [-0.2, 0) is 0 Å². The molecule has 0 saturated carbocycles. The van der Waals surface area contributed by atoms with Crippen LogP contribution in [0.4, 0.5) is 5.82 Å². The smallest absolute Gasteiger partial charge is 0.128 e. The average Bonchev–Trinajstić information content (AvgIpc) is 2.26. The van der Waals surface area contributed by atoms with Gasteiger partial charge in [0.05, 0.1) is 0 Å². The van der Waals surface area contributed by atoms with Crippen molar-refractivity contribution < 1.29 is 0 Å². The Balaban J connectivity index is 2.65. The minimum atomic E-state index is 0.505. The van der Waals surface area contributed by atoms with Crippen LogP contribution < -0.4 is 4.90 Å². The number of nitrogens with zero attached hydrogens (tertiary/aromatic N) is 2. The summed E-state index contributed by atoms with van der Waals surface area (Å²) in [6.45, 7) is 7.77. The monoisotopic (exact) mass is 284 g/mol. The summed E-state index contributed by atoms with van der Waals surface area (Å²) in [6.07, 6.45) is 5.66. The van der Waals surface area contributed by atoms with Crippen LogP contribution in [0.5, 0.6) is 0 Å². The fourth-order valence-corrected chi connectivity index (χ4v) is 1.94. The van der Waals surface area contributed by atoms with Crippen LogP contribution in [0.25, 0.3) is 0 Å². The molecule has 0 N–H and O–H groups in total. The fraction of sp³-hybridized carbons (Fsp3) is 0.615. The molecular weight excluding hydrogens is 264 g/mol. The lowest BCUT2D eigenvalue weighted by Crippen LogP contribution is -2.32. The van der Waals surface area contributed by atoms with Crippen LogP contribution >= 0.6 is 15.9 Å². The van der Waals surface area contributed by atoms with Crippen molar-refractivity contribution in [2.24, 2.45) is 0 Å². The molecule has 0 saturated heterocycles. The molecule has 3 heteroatoms. The van der Waals surface area contributed by atoms with Gasteiger partial charge in [-0.15, -0.1) is 0 Å². The Morgan fingerprint density at radius 3 is 2.56 bits per heavy atom. The van der Waals surface area contributed by atoms with Gasteiger partial charge in [-0.25, -0.2) is 4.98 Å². The van der Waals surface area contributed by atoms with Crippen molar-refractivity contribution in [2.75, 3.05) is 11.4 Å². The van der Waals surface area contributed by atoms with Gasteiger partial charge in [-0.3, -0.25) is 0 Å². The molecule has 0 radical (unpaired) electrons. The molecule has 16 heavy (non-hydrogen) atoms. The summed E-state index contributed by atoms with van der Waals surface area (Å²) in [7, 11) is 0. The zero-order valence-electron chi connectivity index (χ0n) is 10.4. The van der Waals surface area contributed by atoms with Gasteiger partial charge in [-0.05, 0) is 48.3 Å². The lowest BCUT2D eigenvalue weighted by atomic mass is 10.2. The van der Waals surface area contributed by atoms with Crippen molar-refractivity contribution in [3.8, 4) is 0 Å². The first kappa shape index (κ1) is 13.5. The van der Waals surface area contributed by atoms with Crippen LogP contribution in [0, 0.1) is 0 Å². The molecule has 0 amide bonds. The van der Waals surface area contributed by atoms with Crippen molar-refractivity contribution >= 4 is 21.7 Å². The topological polar surface area (TPSA) is 16.1 Å². The van der Waals surface area contributed by atoms with E-state index in [0.717, 1.165) is 16.8 Å². The van der Waals surface area contributed by atoms with Gasteiger partial charge in [0.15, 0.2) is 0 Å². The molecule has 0 aliphatic heterocycles. The maximum Gasteiger partial charge on any atom is 0.128 e. The summed E-state index contributed by atoms with van der Waals surface area (Å²) >= 11 is 3.41. The molecule has 0 aliphatic rings. The normalized spacial score (nSPS) is 10.8. The molecule has 1 heterocycles.